The van der Waals surface area contributed by atoms with Crippen LogP contribution >= 0.6 is 11.8 Å². The summed E-state index contributed by atoms with van der Waals surface area (Å²) in [5, 5.41) is 12.6. The zero-order valence-electron chi connectivity index (χ0n) is 19.1. The fraction of sp³-hybridized carbons (Fsp3) is 0.360. The Kier molecular flexibility index (Phi) is 6.53. The number of ether oxygens (including phenoxy) is 1. The molecule has 1 fully saturated rings. The van der Waals surface area contributed by atoms with Gasteiger partial charge in [-0.1, -0.05) is 43.2 Å². The highest BCUT2D eigenvalue weighted by atomic mass is 32.2. The van der Waals surface area contributed by atoms with Crippen LogP contribution in [0.15, 0.2) is 53.7 Å². The van der Waals surface area contributed by atoms with E-state index in [0.717, 1.165) is 40.8 Å². The molecule has 0 radical (unpaired) electrons. The molecule has 0 spiro atoms. The molecular weight excluding hydrogens is 450 g/mol. The number of nitrogens with one attached hydrogen (secondary N) is 1. The molecule has 0 bridgehead atoms. The maximum absolute atomic E-state index is 13.2. The Morgan fingerprint density at radius 1 is 1.09 bits per heavy atom. The number of para-hydroxylation sites is 2. The van der Waals surface area contributed by atoms with Crippen LogP contribution in [0.4, 0.5) is 11.4 Å². The molecule has 2 aromatic carbocycles. The molecule has 0 saturated heterocycles. The van der Waals surface area contributed by atoms with Gasteiger partial charge in [-0.2, -0.15) is 0 Å². The third-order valence-corrected chi connectivity index (χ3v) is 7.28. The number of methoxy groups -OCH3 is 1. The van der Waals surface area contributed by atoms with Crippen LogP contribution in [0.2, 0.25) is 0 Å². The molecule has 0 unspecified atom stereocenters. The fourth-order valence-corrected chi connectivity index (χ4v) is 5.52. The number of amides is 2. The number of benzene rings is 2. The molecule has 1 aliphatic carbocycles. The minimum absolute atomic E-state index is 0.0167. The minimum atomic E-state index is -0.191. The molecule has 1 saturated carbocycles. The van der Waals surface area contributed by atoms with Gasteiger partial charge in [0.25, 0.3) is 0 Å². The van der Waals surface area contributed by atoms with E-state index in [2.05, 4.69) is 20.1 Å². The SMILES string of the molecule is COc1ccc(-c2nnc(SCC(=O)N3CC(=O)Nc4ccccc43)n2C2CCCCC2)cc1. The molecule has 1 aliphatic heterocycles. The van der Waals surface area contributed by atoms with Gasteiger partial charge in [0.05, 0.1) is 24.2 Å². The maximum atomic E-state index is 13.2. The summed E-state index contributed by atoms with van der Waals surface area (Å²) in [4.78, 5) is 26.9. The van der Waals surface area contributed by atoms with Gasteiger partial charge in [-0.15, -0.1) is 10.2 Å². The van der Waals surface area contributed by atoms with Gasteiger partial charge in [-0.05, 0) is 49.2 Å². The quantitative estimate of drug-likeness (QED) is 0.525. The van der Waals surface area contributed by atoms with Crippen molar-refractivity contribution in [3.8, 4) is 17.1 Å². The second kappa shape index (κ2) is 9.89. The number of nitrogens with zero attached hydrogens (tertiary/aromatic N) is 4. The Hall–Kier alpha value is -3.33. The van der Waals surface area contributed by atoms with E-state index in [4.69, 9.17) is 4.74 Å². The summed E-state index contributed by atoms with van der Waals surface area (Å²) >= 11 is 1.38. The summed E-state index contributed by atoms with van der Waals surface area (Å²) in [5.74, 6) is 1.46. The van der Waals surface area contributed by atoms with Gasteiger partial charge < -0.3 is 15.0 Å². The van der Waals surface area contributed by atoms with Crippen LogP contribution in [0.25, 0.3) is 11.4 Å². The van der Waals surface area contributed by atoms with E-state index < -0.39 is 0 Å². The number of hydrogen-bond acceptors (Lipinski definition) is 6. The first-order valence-electron chi connectivity index (χ1n) is 11.6. The molecule has 1 aromatic heterocycles. The topological polar surface area (TPSA) is 89.4 Å². The van der Waals surface area contributed by atoms with Crippen molar-refractivity contribution in [2.24, 2.45) is 0 Å². The molecule has 0 atom stereocenters. The maximum Gasteiger partial charge on any atom is 0.244 e. The van der Waals surface area contributed by atoms with Gasteiger partial charge in [-0.25, -0.2) is 0 Å². The summed E-state index contributed by atoms with van der Waals surface area (Å²) in [6.07, 6.45) is 5.74. The molecule has 34 heavy (non-hydrogen) atoms. The van der Waals surface area contributed by atoms with Gasteiger partial charge in [0.1, 0.15) is 12.3 Å². The predicted octanol–water partition coefficient (Wildman–Crippen LogP) is 4.54. The monoisotopic (exact) mass is 477 g/mol. The molecule has 2 heterocycles. The average molecular weight is 478 g/mol. The Morgan fingerprint density at radius 2 is 1.85 bits per heavy atom. The Morgan fingerprint density at radius 3 is 2.62 bits per heavy atom. The smallest absolute Gasteiger partial charge is 0.244 e. The van der Waals surface area contributed by atoms with Crippen LogP contribution in [0.5, 0.6) is 5.75 Å². The van der Waals surface area contributed by atoms with E-state index >= 15 is 0 Å². The third-order valence-electron chi connectivity index (χ3n) is 6.35. The largest absolute Gasteiger partial charge is 0.497 e. The Labute approximate surface area is 202 Å². The summed E-state index contributed by atoms with van der Waals surface area (Å²) in [5.41, 5.74) is 2.35. The number of rotatable bonds is 6. The van der Waals surface area contributed by atoms with Crippen LogP contribution in [-0.4, -0.2) is 46.0 Å². The lowest BCUT2D eigenvalue weighted by molar-refractivity contribution is -0.120. The van der Waals surface area contributed by atoms with Crippen molar-refractivity contribution < 1.29 is 14.3 Å². The molecular formula is C25H27N5O3S. The van der Waals surface area contributed by atoms with Crippen molar-refractivity contribution in [1.29, 1.82) is 0 Å². The van der Waals surface area contributed by atoms with Crippen molar-refractivity contribution >= 4 is 35.0 Å². The van der Waals surface area contributed by atoms with E-state index in [-0.39, 0.29) is 24.1 Å². The number of anilines is 2. The summed E-state index contributed by atoms with van der Waals surface area (Å²) in [6, 6.07) is 15.5. The zero-order valence-corrected chi connectivity index (χ0v) is 19.9. The zero-order chi connectivity index (χ0) is 23.5. The standard InChI is InChI=1S/C25H27N5O3S/c1-33-19-13-11-17(12-14-19)24-27-28-25(30(24)18-7-3-2-4-8-18)34-16-23(32)29-15-22(31)26-20-9-5-6-10-21(20)29/h5-6,9-14,18H,2-4,7-8,15-16H2,1H3,(H,26,31). The highest BCUT2D eigenvalue weighted by Gasteiger charge is 2.28. The first-order chi connectivity index (χ1) is 16.6. The molecule has 176 valence electrons. The van der Waals surface area contributed by atoms with Gasteiger partial charge in [0.15, 0.2) is 11.0 Å². The average Bonchev–Trinajstić information content (AvgIpc) is 3.31. The van der Waals surface area contributed by atoms with Gasteiger partial charge >= 0.3 is 0 Å². The van der Waals surface area contributed by atoms with Crippen molar-refractivity contribution in [3.05, 3.63) is 48.5 Å². The normalized spacial score (nSPS) is 16.1. The van der Waals surface area contributed by atoms with E-state index in [9.17, 15) is 9.59 Å². The van der Waals surface area contributed by atoms with Gasteiger partial charge in [0.2, 0.25) is 11.8 Å². The Bertz CT molecular complexity index is 1190. The van der Waals surface area contributed by atoms with Crippen molar-refractivity contribution in [3.63, 3.8) is 0 Å². The molecule has 5 rings (SSSR count). The van der Waals surface area contributed by atoms with E-state index in [0.29, 0.717) is 11.7 Å². The number of fused-ring (bicyclic) bond motifs is 1. The second-order valence-corrected chi connectivity index (χ2v) is 9.47. The highest BCUT2D eigenvalue weighted by Crippen LogP contribution is 2.36. The van der Waals surface area contributed by atoms with Crippen LogP contribution in [0.1, 0.15) is 38.1 Å². The molecule has 2 aliphatic rings. The van der Waals surface area contributed by atoms with Crippen LogP contribution < -0.4 is 15.0 Å². The van der Waals surface area contributed by atoms with Crippen LogP contribution in [0, 0.1) is 0 Å². The second-order valence-electron chi connectivity index (χ2n) is 8.53. The van der Waals surface area contributed by atoms with Crippen LogP contribution in [-0.2, 0) is 9.59 Å². The first kappa shape index (κ1) is 22.5. The Balaban J connectivity index is 1.40. The molecule has 1 N–H and O–H groups in total. The van der Waals surface area contributed by atoms with E-state index in [1.807, 2.05) is 42.5 Å². The number of aromatic nitrogens is 3. The van der Waals surface area contributed by atoms with Gasteiger partial charge in [-0.3, -0.25) is 14.2 Å². The van der Waals surface area contributed by atoms with E-state index in [1.54, 1.807) is 18.1 Å². The van der Waals surface area contributed by atoms with Gasteiger partial charge in [0, 0.05) is 11.6 Å². The first-order valence-corrected chi connectivity index (χ1v) is 12.5. The van der Waals surface area contributed by atoms with Crippen molar-refractivity contribution in [2.45, 2.75) is 43.3 Å². The highest BCUT2D eigenvalue weighted by molar-refractivity contribution is 7.99. The predicted molar refractivity (Wildman–Crippen MR) is 132 cm³/mol. The summed E-state index contributed by atoms with van der Waals surface area (Å²) < 4.78 is 7.50. The number of carbonyl (C=O) groups is 2. The number of carbonyl (C=O) groups excluding carboxylic acids is 2. The molecule has 9 heteroatoms. The lowest BCUT2D eigenvalue weighted by Gasteiger charge is -2.29. The lowest BCUT2D eigenvalue weighted by Crippen LogP contribution is -2.43. The van der Waals surface area contributed by atoms with Crippen LogP contribution in [0.3, 0.4) is 0 Å². The fourth-order valence-electron chi connectivity index (χ4n) is 4.64. The summed E-state index contributed by atoms with van der Waals surface area (Å²) in [6.45, 7) is 0.0167. The molecule has 3 aromatic rings. The summed E-state index contributed by atoms with van der Waals surface area (Å²) in [7, 11) is 1.65. The third kappa shape index (κ3) is 4.52. The minimum Gasteiger partial charge on any atom is -0.497 e. The molecule has 8 nitrogen and oxygen atoms in total. The van der Waals surface area contributed by atoms with Crippen molar-refractivity contribution in [1.82, 2.24) is 14.8 Å². The lowest BCUT2D eigenvalue weighted by atomic mass is 9.95. The number of hydrogen-bond donors (Lipinski definition) is 1. The van der Waals surface area contributed by atoms with Crippen molar-refractivity contribution in [2.75, 3.05) is 29.6 Å². The molecule has 2 amide bonds. The van der Waals surface area contributed by atoms with E-state index in [1.165, 1.54) is 31.0 Å². The number of thioether (sulfide) groups is 1.